The van der Waals surface area contributed by atoms with Crippen molar-refractivity contribution in [3.05, 3.63) is 48.0 Å². The molecular formula is C26H28FN5O3. The molecule has 2 aromatic heterocycles. The van der Waals surface area contributed by atoms with Gasteiger partial charge in [-0.05, 0) is 31.4 Å². The minimum absolute atomic E-state index is 0.0245. The van der Waals surface area contributed by atoms with Gasteiger partial charge in [-0.3, -0.25) is 19.0 Å². The largest absolute Gasteiger partial charge is 0.465 e. The molecular weight excluding hydrogens is 449 g/mol. The van der Waals surface area contributed by atoms with Crippen LogP contribution >= 0.6 is 0 Å². The molecule has 3 heterocycles. The number of ether oxygens (including phenoxy) is 1. The topological polar surface area (TPSA) is 82.2 Å². The third-order valence-electron chi connectivity index (χ3n) is 6.85. The predicted octanol–water partition coefficient (Wildman–Crippen LogP) is 4.02. The maximum atomic E-state index is 15.8. The summed E-state index contributed by atoms with van der Waals surface area (Å²) in [6.07, 6.45) is 3.15. The number of likely N-dealkylation sites (tertiary alicyclic amines) is 1. The van der Waals surface area contributed by atoms with E-state index in [4.69, 9.17) is 9.84 Å². The van der Waals surface area contributed by atoms with Crippen LogP contribution in [0.25, 0.3) is 32.9 Å². The van der Waals surface area contributed by atoms with E-state index in [1.54, 1.807) is 37.8 Å². The number of carbonyl (C=O) groups excluding carboxylic acids is 2. The van der Waals surface area contributed by atoms with Crippen molar-refractivity contribution in [2.75, 3.05) is 19.7 Å². The quantitative estimate of drug-likeness (QED) is 0.406. The third-order valence-corrected chi connectivity index (χ3v) is 6.85. The van der Waals surface area contributed by atoms with Crippen LogP contribution in [0.5, 0.6) is 0 Å². The Kier molecular flexibility index (Phi) is 6.00. The van der Waals surface area contributed by atoms with Gasteiger partial charge < -0.3 is 9.64 Å². The summed E-state index contributed by atoms with van der Waals surface area (Å²) in [5.41, 5.74) is 3.21. The number of benzene rings is 2. The SMILES string of the molecule is CCOC(=O)Cn1nc(C2CCN(C(C)=O)CC2)c2c(-c3ccc4cnn(C)c4c3F)cccc21. The van der Waals surface area contributed by atoms with Crippen LogP contribution in [-0.4, -0.2) is 56.0 Å². The molecule has 182 valence electrons. The number of nitrogens with zero attached hydrogens (tertiary/aromatic N) is 5. The Morgan fingerprint density at radius 3 is 2.63 bits per heavy atom. The number of amides is 1. The lowest BCUT2D eigenvalue weighted by atomic mass is 9.89. The number of aromatic nitrogens is 4. The molecule has 1 amide bonds. The summed E-state index contributed by atoms with van der Waals surface area (Å²) in [6.45, 7) is 4.90. The average molecular weight is 478 g/mol. The summed E-state index contributed by atoms with van der Waals surface area (Å²) in [5, 5.41) is 10.6. The number of halogens is 1. The lowest BCUT2D eigenvalue weighted by Crippen LogP contribution is -2.36. The Balaban J connectivity index is 1.67. The van der Waals surface area contributed by atoms with E-state index < -0.39 is 0 Å². The Morgan fingerprint density at radius 1 is 1.14 bits per heavy atom. The number of esters is 1. The zero-order valence-corrected chi connectivity index (χ0v) is 20.1. The van der Waals surface area contributed by atoms with E-state index >= 15 is 4.39 Å². The Hall–Kier alpha value is -3.75. The first kappa shape index (κ1) is 23.0. The zero-order valence-electron chi connectivity index (χ0n) is 20.1. The lowest BCUT2D eigenvalue weighted by Gasteiger charge is -2.30. The smallest absolute Gasteiger partial charge is 0.327 e. The average Bonchev–Trinajstić information content (AvgIpc) is 3.41. The molecule has 0 radical (unpaired) electrons. The molecule has 0 saturated carbocycles. The summed E-state index contributed by atoms with van der Waals surface area (Å²) < 4.78 is 24.2. The molecule has 0 atom stereocenters. The fourth-order valence-corrected chi connectivity index (χ4v) is 5.11. The summed E-state index contributed by atoms with van der Waals surface area (Å²) in [7, 11) is 1.72. The molecule has 1 saturated heterocycles. The van der Waals surface area contributed by atoms with Crippen molar-refractivity contribution < 1.29 is 18.7 Å². The fraction of sp³-hybridized carbons (Fsp3) is 0.385. The van der Waals surface area contributed by atoms with Gasteiger partial charge in [-0.15, -0.1) is 0 Å². The number of fused-ring (bicyclic) bond motifs is 2. The minimum Gasteiger partial charge on any atom is -0.465 e. The van der Waals surface area contributed by atoms with Crippen LogP contribution in [-0.2, 0) is 27.9 Å². The molecule has 1 aliphatic rings. The number of rotatable bonds is 5. The van der Waals surface area contributed by atoms with Crippen LogP contribution in [0.1, 0.15) is 38.3 Å². The van der Waals surface area contributed by atoms with Gasteiger partial charge >= 0.3 is 5.97 Å². The molecule has 0 aliphatic carbocycles. The van der Waals surface area contributed by atoms with Crippen molar-refractivity contribution in [3.8, 4) is 11.1 Å². The van der Waals surface area contributed by atoms with Gasteiger partial charge in [-0.25, -0.2) is 4.39 Å². The normalized spacial score (nSPS) is 14.7. The van der Waals surface area contributed by atoms with E-state index in [0.29, 0.717) is 24.2 Å². The van der Waals surface area contributed by atoms with Crippen LogP contribution < -0.4 is 0 Å². The molecule has 5 rings (SSSR count). The molecule has 4 aromatic rings. The van der Waals surface area contributed by atoms with E-state index in [-0.39, 0.29) is 36.8 Å². The summed E-state index contributed by atoms with van der Waals surface area (Å²) in [4.78, 5) is 26.0. The standard InChI is InChI=1S/C26H28FN5O3/c1-4-35-22(34)15-32-21-7-5-6-19(20-9-8-18-14-28-30(3)26(18)24(20)27)23(21)25(29-32)17-10-12-31(13-11-17)16(2)33/h5-9,14,17H,4,10-13,15H2,1-3H3. The number of hydrogen-bond acceptors (Lipinski definition) is 5. The monoisotopic (exact) mass is 477 g/mol. The molecule has 0 bridgehead atoms. The minimum atomic E-state index is -0.372. The number of piperidine rings is 1. The van der Waals surface area contributed by atoms with Crippen LogP contribution in [0.15, 0.2) is 36.5 Å². The highest BCUT2D eigenvalue weighted by Crippen LogP contribution is 2.40. The summed E-state index contributed by atoms with van der Waals surface area (Å²) >= 11 is 0. The lowest BCUT2D eigenvalue weighted by molar-refractivity contribution is -0.144. The van der Waals surface area contributed by atoms with Crippen LogP contribution in [0.3, 0.4) is 0 Å². The van der Waals surface area contributed by atoms with Gasteiger partial charge in [0.05, 0.1) is 24.0 Å². The van der Waals surface area contributed by atoms with Crippen LogP contribution in [0.4, 0.5) is 4.39 Å². The van der Waals surface area contributed by atoms with Gasteiger partial charge in [0, 0.05) is 49.3 Å². The second-order valence-corrected chi connectivity index (χ2v) is 8.96. The maximum absolute atomic E-state index is 15.8. The third kappa shape index (κ3) is 4.05. The molecule has 8 nitrogen and oxygen atoms in total. The zero-order chi connectivity index (χ0) is 24.7. The Morgan fingerprint density at radius 2 is 1.91 bits per heavy atom. The Labute approximate surface area is 202 Å². The van der Waals surface area contributed by atoms with Gasteiger partial charge in [0.15, 0.2) is 5.82 Å². The molecule has 1 aliphatic heterocycles. The number of carbonyl (C=O) groups is 2. The highest BCUT2D eigenvalue weighted by Gasteiger charge is 2.28. The van der Waals surface area contributed by atoms with Gasteiger partial charge in [-0.2, -0.15) is 10.2 Å². The molecule has 1 fully saturated rings. The van der Waals surface area contributed by atoms with Gasteiger partial charge in [0.1, 0.15) is 12.1 Å². The fourth-order valence-electron chi connectivity index (χ4n) is 5.11. The second kappa shape index (κ2) is 9.13. The van der Waals surface area contributed by atoms with Crippen molar-refractivity contribution in [2.24, 2.45) is 7.05 Å². The first-order valence-corrected chi connectivity index (χ1v) is 11.9. The van der Waals surface area contributed by atoms with Crippen molar-refractivity contribution in [3.63, 3.8) is 0 Å². The molecule has 9 heteroatoms. The molecule has 0 N–H and O–H groups in total. The van der Waals surface area contributed by atoms with Gasteiger partial charge in [-0.1, -0.05) is 24.3 Å². The molecule has 0 unspecified atom stereocenters. The van der Waals surface area contributed by atoms with Crippen LogP contribution in [0, 0.1) is 5.82 Å². The van der Waals surface area contributed by atoms with E-state index in [9.17, 15) is 9.59 Å². The van der Waals surface area contributed by atoms with E-state index in [0.717, 1.165) is 40.4 Å². The van der Waals surface area contributed by atoms with Crippen molar-refractivity contribution in [2.45, 2.75) is 39.2 Å². The number of aryl methyl sites for hydroxylation is 1. The van der Waals surface area contributed by atoms with Crippen LogP contribution in [0.2, 0.25) is 0 Å². The molecule has 35 heavy (non-hydrogen) atoms. The first-order valence-electron chi connectivity index (χ1n) is 11.9. The van der Waals surface area contributed by atoms with Gasteiger partial charge in [0.2, 0.25) is 5.91 Å². The van der Waals surface area contributed by atoms with E-state index in [1.807, 2.05) is 29.2 Å². The van der Waals surface area contributed by atoms with Crippen molar-refractivity contribution >= 4 is 33.7 Å². The maximum Gasteiger partial charge on any atom is 0.327 e. The molecule has 2 aromatic carbocycles. The highest BCUT2D eigenvalue weighted by atomic mass is 19.1. The Bertz CT molecular complexity index is 1430. The van der Waals surface area contributed by atoms with E-state index in [2.05, 4.69) is 5.10 Å². The predicted molar refractivity (Wildman–Crippen MR) is 130 cm³/mol. The second-order valence-electron chi connectivity index (χ2n) is 8.96. The summed E-state index contributed by atoms with van der Waals surface area (Å²) in [5.74, 6) is -0.567. The first-order chi connectivity index (χ1) is 16.9. The summed E-state index contributed by atoms with van der Waals surface area (Å²) in [6, 6.07) is 9.30. The van der Waals surface area contributed by atoms with Crippen molar-refractivity contribution in [1.29, 1.82) is 0 Å². The molecule has 0 spiro atoms. The highest BCUT2D eigenvalue weighted by molar-refractivity contribution is 6.00. The van der Waals surface area contributed by atoms with Crippen molar-refractivity contribution in [1.82, 2.24) is 24.5 Å². The number of hydrogen-bond donors (Lipinski definition) is 0. The van der Waals surface area contributed by atoms with E-state index in [1.165, 1.54) is 4.68 Å². The van der Waals surface area contributed by atoms with Gasteiger partial charge in [0.25, 0.3) is 0 Å².